The summed E-state index contributed by atoms with van der Waals surface area (Å²) in [5, 5.41) is 3.04. The summed E-state index contributed by atoms with van der Waals surface area (Å²) < 4.78 is 11.3. The van der Waals surface area contributed by atoms with E-state index >= 15 is 0 Å². The summed E-state index contributed by atoms with van der Waals surface area (Å²) in [6.45, 7) is 8.00. The molecule has 1 N–H and O–H groups in total. The quantitative estimate of drug-likeness (QED) is 0.913. The normalized spacial score (nSPS) is 28.0. The van der Waals surface area contributed by atoms with Crippen molar-refractivity contribution in [3.63, 3.8) is 0 Å². The Kier molecular flexibility index (Phi) is 4.64. The molecule has 0 bridgehead atoms. The molecule has 2 heterocycles. The number of hydrogen-bond donors (Lipinski definition) is 1. The second-order valence-electron chi connectivity index (χ2n) is 6.21. The number of carbonyl (C=O) groups excluding carboxylic acids is 1. The molecule has 3 atom stereocenters. The first-order valence-corrected chi connectivity index (χ1v) is 8.00. The Bertz CT molecular complexity index is 524. The first-order valence-electron chi connectivity index (χ1n) is 8.00. The first kappa shape index (κ1) is 15.3. The Morgan fingerprint density at radius 3 is 2.77 bits per heavy atom. The maximum absolute atomic E-state index is 12.3. The number of carbonyl (C=O) groups is 1. The fraction of sp³-hybridized carbons (Fsp3) is 0.588. The van der Waals surface area contributed by atoms with E-state index < -0.39 is 0 Å². The van der Waals surface area contributed by atoms with Crippen LogP contribution in [0.5, 0.6) is 5.75 Å². The first-order chi connectivity index (χ1) is 10.6. The average Bonchev–Trinajstić information content (AvgIpc) is 2.90. The lowest BCUT2D eigenvalue weighted by molar-refractivity contribution is -0.122. The number of nitrogens with one attached hydrogen (secondary N) is 1. The van der Waals surface area contributed by atoms with E-state index in [1.807, 2.05) is 24.3 Å². The van der Waals surface area contributed by atoms with Crippen molar-refractivity contribution in [1.82, 2.24) is 10.2 Å². The lowest BCUT2D eigenvalue weighted by Gasteiger charge is -2.35. The van der Waals surface area contributed by atoms with Gasteiger partial charge in [-0.25, -0.2) is 0 Å². The van der Waals surface area contributed by atoms with E-state index in [0.717, 1.165) is 30.9 Å². The van der Waals surface area contributed by atoms with Gasteiger partial charge in [0, 0.05) is 31.7 Å². The third-order valence-corrected chi connectivity index (χ3v) is 4.24. The van der Waals surface area contributed by atoms with Gasteiger partial charge in [0.2, 0.25) is 5.91 Å². The van der Waals surface area contributed by atoms with E-state index in [4.69, 9.17) is 9.47 Å². The molecule has 0 radical (unpaired) electrons. The Hall–Kier alpha value is -1.59. The Morgan fingerprint density at radius 2 is 2.00 bits per heavy atom. The lowest BCUT2D eigenvalue weighted by atomic mass is 10.0. The molecular weight excluding hydrogens is 280 g/mol. The molecule has 1 aromatic rings. The summed E-state index contributed by atoms with van der Waals surface area (Å²) in [6.07, 6.45) is 0.518. The lowest BCUT2D eigenvalue weighted by Crippen LogP contribution is -2.48. The van der Waals surface area contributed by atoms with Crippen LogP contribution in [0.25, 0.3) is 0 Å². The number of morpholine rings is 1. The fourth-order valence-corrected chi connectivity index (χ4v) is 3.31. The predicted molar refractivity (Wildman–Crippen MR) is 84.1 cm³/mol. The average molecular weight is 304 g/mol. The molecule has 22 heavy (non-hydrogen) atoms. The Balaban J connectivity index is 1.47. The number of benzene rings is 1. The number of rotatable bonds is 4. The summed E-state index contributed by atoms with van der Waals surface area (Å²) in [5.41, 5.74) is 0.994. The summed E-state index contributed by atoms with van der Waals surface area (Å²) >= 11 is 0. The molecule has 120 valence electrons. The molecule has 0 aromatic heterocycles. The maximum atomic E-state index is 12.3. The molecule has 1 amide bonds. The van der Waals surface area contributed by atoms with Crippen LogP contribution in [-0.2, 0) is 9.53 Å². The molecular formula is C17H24N2O3. The summed E-state index contributed by atoms with van der Waals surface area (Å²) in [4.78, 5) is 14.7. The van der Waals surface area contributed by atoms with Crippen molar-refractivity contribution in [2.75, 3.05) is 32.8 Å². The van der Waals surface area contributed by atoms with Crippen molar-refractivity contribution >= 4 is 5.91 Å². The minimum Gasteiger partial charge on any atom is -0.492 e. The second-order valence-corrected chi connectivity index (χ2v) is 6.21. The molecule has 2 aliphatic rings. The number of hydrogen-bond acceptors (Lipinski definition) is 4. The van der Waals surface area contributed by atoms with Gasteiger partial charge in [0.1, 0.15) is 18.3 Å². The van der Waals surface area contributed by atoms with E-state index in [1.54, 1.807) is 0 Å². The molecule has 3 rings (SSSR count). The van der Waals surface area contributed by atoms with Gasteiger partial charge in [0.05, 0.1) is 12.2 Å². The number of nitrogens with zero attached hydrogens (tertiary/aromatic N) is 1. The van der Waals surface area contributed by atoms with Crippen LogP contribution in [0.15, 0.2) is 24.3 Å². The van der Waals surface area contributed by atoms with E-state index in [2.05, 4.69) is 24.1 Å². The minimum atomic E-state index is -0.182. The second kappa shape index (κ2) is 6.67. The molecule has 1 aromatic carbocycles. The third kappa shape index (κ3) is 3.42. The molecule has 0 unspecified atom stereocenters. The monoisotopic (exact) mass is 304 g/mol. The van der Waals surface area contributed by atoms with Crippen LogP contribution < -0.4 is 10.1 Å². The summed E-state index contributed by atoms with van der Waals surface area (Å²) in [7, 11) is 0. The van der Waals surface area contributed by atoms with Crippen LogP contribution in [0.3, 0.4) is 0 Å². The highest BCUT2D eigenvalue weighted by molar-refractivity contribution is 5.85. The minimum absolute atomic E-state index is 0.0549. The van der Waals surface area contributed by atoms with Gasteiger partial charge in [-0.3, -0.25) is 9.69 Å². The zero-order valence-electron chi connectivity index (χ0n) is 13.2. The topological polar surface area (TPSA) is 50.8 Å². The van der Waals surface area contributed by atoms with Gasteiger partial charge < -0.3 is 14.8 Å². The highest BCUT2D eigenvalue weighted by atomic mass is 16.5. The van der Waals surface area contributed by atoms with Crippen LogP contribution in [0, 0.1) is 0 Å². The van der Waals surface area contributed by atoms with Gasteiger partial charge in [-0.15, -0.1) is 0 Å². The van der Waals surface area contributed by atoms with Crippen molar-refractivity contribution in [3.05, 3.63) is 29.8 Å². The van der Waals surface area contributed by atoms with Gasteiger partial charge in [-0.2, -0.15) is 0 Å². The van der Waals surface area contributed by atoms with Crippen LogP contribution in [0.4, 0.5) is 0 Å². The van der Waals surface area contributed by atoms with Crippen LogP contribution in [0.1, 0.15) is 25.3 Å². The molecule has 0 aliphatic carbocycles. The fourth-order valence-electron chi connectivity index (χ4n) is 3.31. The largest absolute Gasteiger partial charge is 0.492 e. The molecule has 1 fully saturated rings. The molecule has 1 saturated heterocycles. The number of ether oxygens (including phenoxy) is 2. The predicted octanol–water partition coefficient (Wildman–Crippen LogP) is 1.39. The van der Waals surface area contributed by atoms with Crippen molar-refractivity contribution < 1.29 is 14.3 Å². The Labute approximate surface area is 131 Å². The van der Waals surface area contributed by atoms with Gasteiger partial charge in [0.25, 0.3) is 0 Å². The molecule has 5 nitrogen and oxygen atoms in total. The maximum Gasteiger partial charge on any atom is 0.231 e. The number of para-hydroxylation sites is 1. The zero-order chi connectivity index (χ0) is 15.5. The van der Waals surface area contributed by atoms with Gasteiger partial charge >= 0.3 is 0 Å². The van der Waals surface area contributed by atoms with Crippen molar-refractivity contribution in [3.8, 4) is 5.75 Å². The summed E-state index contributed by atoms with van der Waals surface area (Å²) in [6, 6.07) is 7.77. The summed E-state index contributed by atoms with van der Waals surface area (Å²) in [5.74, 6) is 0.705. The van der Waals surface area contributed by atoms with Gasteiger partial charge in [-0.05, 0) is 19.9 Å². The van der Waals surface area contributed by atoms with Gasteiger partial charge in [-0.1, -0.05) is 18.2 Å². The molecule has 5 heteroatoms. The molecule has 0 saturated carbocycles. The highest BCUT2D eigenvalue weighted by Crippen LogP contribution is 2.33. The van der Waals surface area contributed by atoms with Crippen LogP contribution in [0.2, 0.25) is 0 Å². The molecule has 2 aliphatic heterocycles. The van der Waals surface area contributed by atoms with E-state index in [-0.39, 0.29) is 24.0 Å². The third-order valence-electron chi connectivity index (χ3n) is 4.24. The van der Waals surface area contributed by atoms with Crippen molar-refractivity contribution in [1.29, 1.82) is 0 Å². The Morgan fingerprint density at radius 1 is 1.27 bits per heavy atom. The van der Waals surface area contributed by atoms with E-state index in [1.165, 1.54) is 0 Å². The van der Waals surface area contributed by atoms with E-state index in [9.17, 15) is 4.79 Å². The zero-order valence-corrected chi connectivity index (χ0v) is 13.2. The number of amides is 1. The van der Waals surface area contributed by atoms with Crippen LogP contribution in [-0.4, -0.2) is 55.8 Å². The van der Waals surface area contributed by atoms with Crippen LogP contribution >= 0.6 is 0 Å². The van der Waals surface area contributed by atoms with Crippen molar-refractivity contribution in [2.45, 2.75) is 32.0 Å². The SMILES string of the molecule is C[C@@H]1CN(CCNC(=O)[C@H]2COc3ccccc32)C[C@@H](C)O1. The van der Waals surface area contributed by atoms with E-state index in [0.29, 0.717) is 13.2 Å². The molecule has 0 spiro atoms. The van der Waals surface area contributed by atoms with Gasteiger partial charge in [0.15, 0.2) is 0 Å². The van der Waals surface area contributed by atoms with Crippen molar-refractivity contribution in [2.24, 2.45) is 0 Å². The smallest absolute Gasteiger partial charge is 0.231 e. The number of fused-ring (bicyclic) bond motifs is 1. The highest BCUT2D eigenvalue weighted by Gasteiger charge is 2.30. The standard InChI is InChI=1S/C17H24N2O3/c1-12-9-19(10-13(2)22-12)8-7-18-17(20)15-11-21-16-6-4-3-5-14(15)16/h3-6,12-13,15H,7-11H2,1-2H3,(H,18,20)/t12-,13-,15+/m1/s1.